The van der Waals surface area contributed by atoms with Crippen LogP contribution in [0, 0.1) is 0 Å². The number of aromatic amines is 1. The predicted molar refractivity (Wildman–Crippen MR) is 78.1 cm³/mol. The molecule has 0 unspecified atom stereocenters. The number of aliphatic carboxylic acids is 1. The second kappa shape index (κ2) is 4.86. The van der Waals surface area contributed by atoms with Gasteiger partial charge in [0.2, 0.25) is 0 Å². The number of benzene rings is 1. The van der Waals surface area contributed by atoms with Crippen LogP contribution in [0.1, 0.15) is 16.8 Å². The number of H-pyrrole nitrogens is 1. The molecule has 0 spiro atoms. The van der Waals surface area contributed by atoms with Gasteiger partial charge < -0.3 is 15.4 Å². The molecule has 0 radical (unpaired) electrons. The molecule has 104 valence electrons. The van der Waals surface area contributed by atoms with Gasteiger partial charge in [-0.1, -0.05) is 6.07 Å². The fraction of sp³-hybridized carbons (Fsp3) is 0.286. The lowest BCUT2D eigenvalue weighted by atomic mass is 9.98. The maximum atomic E-state index is 12.3. The molecule has 20 heavy (non-hydrogen) atoms. The van der Waals surface area contributed by atoms with Crippen molar-refractivity contribution in [3.63, 3.8) is 0 Å². The van der Waals surface area contributed by atoms with Gasteiger partial charge in [0.1, 0.15) is 5.54 Å². The Hall–Kier alpha value is -1.95. The Labute approximate surface area is 119 Å². The summed E-state index contributed by atoms with van der Waals surface area (Å²) in [5, 5.41) is 13.1. The summed E-state index contributed by atoms with van der Waals surface area (Å²) in [7, 11) is 0. The summed E-state index contributed by atoms with van der Waals surface area (Å²) >= 11 is 1.55. The Bertz CT molecular complexity index is 674. The van der Waals surface area contributed by atoms with E-state index in [1.54, 1.807) is 30.1 Å². The molecule has 6 heteroatoms. The number of aromatic nitrogens is 1. The van der Waals surface area contributed by atoms with Crippen molar-refractivity contribution in [3.8, 4) is 0 Å². The number of rotatable bonds is 3. The SMILES string of the molecule is O=C(N[C@]1(C(=O)O)CCSC1)c1ccc2cc[nH]c2c1. The Kier molecular flexibility index (Phi) is 3.17. The minimum atomic E-state index is -1.13. The Morgan fingerprint density at radius 1 is 1.35 bits per heavy atom. The molecule has 5 nitrogen and oxygen atoms in total. The molecule has 3 N–H and O–H groups in total. The topological polar surface area (TPSA) is 82.2 Å². The number of carboxylic acids is 1. The lowest BCUT2D eigenvalue weighted by Crippen LogP contribution is -2.54. The number of carbonyl (C=O) groups is 2. The maximum Gasteiger partial charge on any atom is 0.330 e. The van der Waals surface area contributed by atoms with E-state index in [0.717, 1.165) is 16.7 Å². The number of fused-ring (bicyclic) bond motifs is 1. The van der Waals surface area contributed by atoms with Crippen LogP contribution in [0.5, 0.6) is 0 Å². The van der Waals surface area contributed by atoms with Gasteiger partial charge in [-0.25, -0.2) is 4.79 Å². The summed E-state index contributed by atoms with van der Waals surface area (Å²) in [6, 6.07) is 7.21. The highest BCUT2D eigenvalue weighted by molar-refractivity contribution is 7.99. The zero-order valence-corrected chi connectivity index (χ0v) is 11.5. The highest BCUT2D eigenvalue weighted by atomic mass is 32.2. The minimum Gasteiger partial charge on any atom is -0.479 e. The third kappa shape index (κ3) is 2.16. The molecule has 1 aliphatic rings. The van der Waals surface area contributed by atoms with Crippen molar-refractivity contribution in [2.45, 2.75) is 12.0 Å². The normalized spacial score (nSPS) is 22.0. The van der Waals surface area contributed by atoms with E-state index >= 15 is 0 Å². The van der Waals surface area contributed by atoms with Crippen LogP contribution in [0.2, 0.25) is 0 Å². The fourth-order valence-electron chi connectivity index (χ4n) is 2.36. The molecule has 3 rings (SSSR count). The van der Waals surface area contributed by atoms with Gasteiger partial charge in [0.25, 0.3) is 5.91 Å². The molecule has 0 aliphatic carbocycles. The molecule has 0 bridgehead atoms. The highest BCUT2D eigenvalue weighted by Crippen LogP contribution is 2.28. The van der Waals surface area contributed by atoms with Crippen LogP contribution in [-0.4, -0.2) is 39.0 Å². The first-order valence-corrected chi connectivity index (χ1v) is 7.47. The highest BCUT2D eigenvalue weighted by Gasteiger charge is 2.43. The standard InChI is InChI=1S/C14H14N2O3S/c17-12(16-14(13(18)19)4-6-20-8-14)10-2-1-9-3-5-15-11(9)7-10/h1-3,5,7,15H,4,6,8H2,(H,16,17)(H,18,19)/t14-/m1/s1. The first-order valence-electron chi connectivity index (χ1n) is 6.32. The van der Waals surface area contributed by atoms with E-state index in [-0.39, 0.29) is 5.91 Å². The number of hydrogen-bond donors (Lipinski definition) is 3. The van der Waals surface area contributed by atoms with E-state index in [0.29, 0.717) is 17.7 Å². The molecule has 1 fully saturated rings. The Morgan fingerprint density at radius 3 is 2.90 bits per heavy atom. The third-order valence-corrected chi connectivity index (χ3v) is 4.79. The Balaban J connectivity index is 1.86. The number of hydrogen-bond acceptors (Lipinski definition) is 3. The largest absolute Gasteiger partial charge is 0.479 e. The van der Waals surface area contributed by atoms with E-state index in [9.17, 15) is 14.7 Å². The molecular formula is C14H14N2O3S. The summed E-state index contributed by atoms with van der Waals surface area (Å²) in [5.41, 5.74) is 0.201. The number of thioether (sulfide) groups is 1. The summed E-state index contributed by atoms with van der Waals surface area (Å²) in [4.78, 5) is 26.7. The average Bonchev–Trinajstić information content (AvgIpc) is 3.06. The molecule has 0 saturated carbocycles. The van der Waals surface area contributed by atoms with Crippen LogP contribution in [0.25, 0.3) is 10.9 Å². The lowest BCUT2D eigenvalue weighted by Gasteiger charge is -2.24. The smallest absolute Gasteiger partial charge is 0.330 e. The molecule has 2 aromatic rings. The van der Waals surface area contributed by atoms with Gasteiger partial charge in [-0.15, -0.1) is 0 Å². The summed E-state index contributed by atoms with van der Waals surface area (Å²) < 4.78 is 0. The zero-order valence-electron chi connectivity index (χ0n) is 10.7. The van der Waals surface area contributed by atoms with E-state index in [1.165, 1.54) is 0 Å². The lowest BCUT2D eigenvalue weighted by molar-refractivity contribution is -0.143. The molecule has 1 amide bonds. The minimum absolute atomic E-state index is 0.341. The van der Waals surface area contributed by atoms with Crippen molar-refractivity contribution in [3.05, 3.63) is 36.0 Å². The van der Waals surface area contributed by atoms with Crippen molar-refractivity contribution in [1.29, 1.82) is 0 Å². The third-order valence-electron chi connectivity index (χ3n) is 3.60. The number of amides is 1. The monoisotopic (exact) mass is 290 g/mol. The summed E-state index contributed by atoms with van der Waals surface area (Å²) in [6.45, 7) is 0. The second-order valence-corrected chi connectivity index (χ2v) is 6.03. The Morgan fingerprint density at radius 2 is 2.20 bits per heavy atom. The van der Waals surface area contributed by atoms with Crippen molar-refractivity contribution in [1.82, 2.24) is 10.3 Å². The van der Waals surface area contributed by atoms with Gasteiger partial charge in [0.05, 0.1) is 0 Å². The first-order chi connectivity index (χ1) is 9.61. The molecule has 1 saturated heterocycles. The van der Waals surface area contributed by atoms with Crippen molar-refractivity contribution >= 4 is 34.5 Å². The van der Waals surface area contributed by atoms with Gasteiger partial charge >= 0.3 is 5.97 Å². The molecule has 2 heterocycles. The van der Waals surface area contributed by atoms with Gasteiger partial charge in [0.15, 0.2) is 0 Å². The zero-order chi connectivity index (χ0) is 14.2. The molecule has 1 aromatic heterocycles. The van der Waals surface area contributed by atoms with Gasteiger partial charge in [0, 0.05) is 23.0 Å². The molecule has 1 aliphatic heterocycles. The molecule has 1 atom stereocenters. The second-order valence-electron chi connectivity index (χ2n) is 4.92. The van der Waals surface area contributed by atoms with Crippen LogP contribution in [-0.2, 0) is 4.79 Å². The first kappa shape index (κ1) is 13.1. The number of carbonyl (C=O) groups excluding carboxylic acids is 1. The van der Waals surface area contributed by atoms with Gasteiger partial charge in [-0.05, 0) is 35.8 Å². The van der Waals surface area contributed by atoms with Gasteiger partial charge in [-0.3, -0.25) is 4.79 Å². The quantitative estimate of drug-likeness (QED) is 0.806. The molecular weight excluding hydrogens is 276 g/mol. The van der Waals surface area contributed by atoms with Gasteiger partial charge in [-0.2, -0.15) is 11.8 Å². The van der Waals surface area contributed by atoms with E-state index < -0.39 is 11.5 Å². The van der Waals surface area contributed by atoms with E-state index in [2.05, 4.69) is 10.3 Å². The van der Waals surface area contributed by atoms with Crippen LogP contribution in [0.4, 0.5) is 0 Å². The number of carboxylic acid groups (broad SMARTS) is 1. The van der Waals surface area contributed by atoms with Crippen molar-refractivity contribution < 1.29 is 14.7 Å². The van der Waals surface area contributed by atoms with Crippen LogP contribution >= 0.6 is 11.8 Å². The van der Waals surface area contributed by atoms with Crippen LogP contribution in [0.3, 0.4) is 0 Å². The van der Waals surface area contributed by atoms with E-state index in [1.807, 2.05) is 12.1 Å². The maximum absolute atomic E-state index is 12.3. The number of nitrogens with one attached hydrogen (secondary N) is 2. The fourth-order valence-corrected chi connectivity index (χ4v) is 3.69. The summed E-state index contributed by atoms with van der Waals surface area (Å²) in [6.07, 6.45) is 2.27. The van der Waals surface area contributed by atoms with Crippen molar-refractivity contribution in [2.24, 2.45) is 0 Å². The van der Waals surface area contributed by atoms with Crippen molar-refractivity contribution in [2.75, 3.05) is 11.5 Å². The van der Waals surface area contributed by atoms with Crippen LogP contribution < -0.4 is 5.32 Å². The summed E-state index contributed by atoms with van der Waals surface area (Å²) in [5.74, 6) is -0.135. The van der Waals surface area contributed by atoms with Crippen LogP contribution in [0.15, 0.2) is 30.5 Å². The van der Waals surface area contributed by atoms with E-state index in [4.69, 9.17) is 0 Å². The molecule has 1 aromatic carbocycles. The predicted octanol–water partition coefficient (Wildman–Crippen LogP) is 1.86. The average molecular weight is 290 g/mol.